The molecule has 9 nitrogen and oxygen atoms in total. The van der Waals surface area contributed by atoms with E-state index in [1.54, 1.807) is 6.20 Å². The highest BCUT2D eigenvalue weighted by molar-refractivity contribution is 5.78. The summed E-state index contributed by atoms with van der Waals surface area (Å²) in [5.74, 6) is 3.61. The SMILES string of the molecule is CCOc1ccc(OCC(=O)N2CCN(c3ccc(-c4noc(C(C)C)n4)cn3)CC2)cc1. The van der Waals surface area contributed by atoms with E-state index in [1.807, 2.05) is 62.1 Å². The predicted octanol–water partition coefficient (Wildman–Crippen LogP) is 3.38. The van der Waals surface area contributed by atoms with Crippen molar-refractivity contribution < 1.29 is 18.8 Å². The first-order valence-electron chi connectivity index (χ1n) is 11.2. The van der Waals surface area contributed by atoms with Gasteiger partial charge in [-0.15, -0.1) is 0 Å². The fraction of sp³-hybridized carbons (Fsp3) is 0.417. The average Bonchev–Trinajstić information content (AvgIpc) is 3.35. The molecule has 0 radical (unpaired) electrons. The van der Waals surface area contributed by atoms with Gasteiger partial charge < -0.3 is 23.8 Å². The van der Waals surface area contributed by atoms with Gasteiger partial charge in [-0.3, -0.25) is 4.79 Å². The molecule has 174 valence electrons. The van der Waals surface area contributed by atoms with Crippen LogP contribution < -0.4 is 14.4 Å². The fourth-order valence-corrected chi connectivity index (χ4v) is 3.51. The Balaban J connectivity index is 1.26. The third-order valence-corrected chi connectivity index (χ3v) is 5.40. The van der Waals surface area contributed by atoms with Gasteiger partial charge >= 0.3 is 0 Å². The number of aromatic nitrogens is 3. The topological polar surface area (TPSA) is 93.8 Å². The zero-order chi connectivity index (χ0) is 23.2. The quantitative estimate of drug-likeness (QED) is 0.515. The van der Waals surface area contributed by atoms with E-state index < -0.39 is 0 Å². The van der Waals surface area contributed by atoms with E-state index in [0.29, 0.717) is 50.3 Å². The number of pyridine rings is 1. The average molecular weight is 452 g/mol. The molecule has 0 spiro atoms. The van der Waals surface area contributed by atoms with Crippen LogP contribution in [0, 0.1) is 0 Å². The highest BCUT2D eigenvalue weighted by Crippen LogP contribution is 2.22. The van der Waals surface area contributed by atoms with E-state index >= 15 is 0 Å². The van der Waals surface area contributed by atoms with Crippen LogP contribution in [0.5, 0.6) is 11.5 Å². The Morgan fingerprint density at radius 3 is 2.30 bits per heavy atom. The van der Waals surface area contributed by atoms with Crippen LogP contribution in [0.3, 0.4) is 0 Å². The van der Waals surface area contributed by atoms with Crippen molar-refractivity contribution in [2.45, 2.75) is 26.7 Å². The molecule has 1 aliphatic rings. The van der Waals surface area contributed by atoms with Crippen LogP contribution >= 0.6 is 0 Å². The van der Waals surface area contributed by atoms with Crippen LogP contribution in [0.4, 0.5) is 5.82 Å². The van der Waals surface area contributed by atoms with Crippen molar-refractivity contribution in [3.05, 3.63) is 48.5 Å². The number of rotatable bonds is 8. The van der Waals surface area contributed by atoms with Crippen LogP contribution in [0.2, 0.25) is 0 Å². The Labute approximate surface area is 193 Å². The summed E-state index contributed by atoms with van der Waals surface area (Å²) in [5.41, 5.74) is 0.814. The molecule has 3 heterocycles. The maximum absolute atomic E-state index is 12.6. The third-order valence-electron chi connectivity index (χ3n) is 5.40. The molecule has 1 aromatic carbocycles. The minimum atomic E-state index is -0.0232. The lowest BCUT2D eigenvalue weighted by molar-refractivity contribution is -0.133. The van der Waals surface area contributed by atoms with E-state index in [9.17, 15) is 4.79 Å². The molecule has 2 aromatic heterocycles. The number of hydrogen-bond donors (Lipinski definition) is 0. The Kier molecular flexibility index (Phi) is 7.07. The van der Waals surface area contributed by atoms with Gasteiger partial charge in [0.25, 0.3) is 5.91 Å². The first-order valence-corrected chi connectivity index (χ1v) is 11.2. The summed E-state index contributed by atoms with van der Waals surface area (Å²) >= 11 is 0. The molecule has 4 rings (SSSR count). The Hall–Kier alpha value is -3.62. The zero-order valence-electron chi connectivity index (χ0n) is 19.2. The number of piperazine rings is 1. The molecule has 3 aromatic rings. The molecule has 33 heavy (non-hydrogen) atoms. The summed E-state index contributed by atoms with van der Waals surface area (Å²) in [4.78, 5) is 25.5. The van der Waals surface area contributed by atoms with Gasteiger partial charge in [0.05, 0.1) is 6.61 Å². The van der Waals surface area contributed by atoms with Crippen LogP contribution in [-0.4, -0.2) is 65.3 Å². The van der Waals surface area contributed by atoms with E-state index in [1.165, 1.54) is 0 Å². The Morgan fingerprint density at radius 2 is 1.73 bits per heavy atom. The number of nitrogens with zero attached hydrogens (tertiary/aromatic N) is 5. The molecule has 0 unspecified atom stereocenters. The van der Waals surface area contributed by atoms with E-state index in [4.69, 9.17) is 14.0 Å². The lowest BCUT2D eigenvalue weighted by atomic mass is 10.2. The van der Waals surface area contributed by atoms with E-state index in [2.05, 4.69) is 20.0 Å². The van der Waals surface area contributed by atoms with Crippen molar-refractivity contribution in [2.75, 3.05) is 44.3 Å². The van der Waals surface area contributed by atoms with Gasteiger partial charge in [0.1, 0.15) is 17.3 Å². The molecular formula is C24H29N5O4. The first-order chi connectivity index (χ1) is 16.0. The van der Waals surface area contributed by atoms with Gasteiger partial charge in [-0.1, -0.05) is 19.0 Å². The molecule has 1 amide bonds. The van der Waals surface area contributed by atoms with E-state index in [0.717, 1.165) is 17.1 Å². The number of benzene rings is 1. The molecule has 0 bridgehead atoms. The Morgan fingerprint density at radius 1 is 1.03 bits per heavy atom. The number of ether oxygens (including phenoxy) is 2. The molecule has 0 saturated carbocycles. The number of carbonyl (C=O) groups is 1. The predicted molar refractivity (Wildman–Crippen MR) is 124 cm³/mol. The molecular weight excluding hydrogens is 422 g/mol. The second kappa shape index (κ2) is 10.3. The number of anilines is 1. The summed E-state index contributed by atoms with van der Waals surface area (Å²) in [6.45, 7) is 9.25. The lowest BCUT2D eigenvalue weighted by Gasteiger charge is -2.35. The zero-order valence-corrected chi connectivity index (χ0v) is 19.2. The van der Waals surface area contributed by atoms with E-state index in [-0.39, 0.29) is 18.4 Å². The summed E-state index contributed by atoms with van der Waals surface area (Å²) in [6.07, 6.45) is 1.76. The molecule has 1 fully saturated rings. The summed E-state index contributed by atoms with van der Waals surface area (Å²) in [5, 5.41) is 4.03. The van der Waals surface area contributed by atoms with Crippen LogP contribution in [0.15, 0.2) is 47.1 Å². The smallest absolute Gasteiger partial charge is 0.260 e. The van der Waals surface area contributed by atoms with Gasteiger partial charge in [-0.05, 0) is 43.3 Å². The normalized spacial score (nSPS) is 13.9. The molecule has 9 heteroatoms. The molecule has 0 aliphatic carbocycles. The highest BCUT2D eigenvalue weighted by atomic mass is 16.5. The van der Waals surface area contributed by atoms with Crippen molar-refractivity contribution in [3.8, 4) is 22.9 Å². The largest absolute Gasteiger partial charge is 0.494 e. The maximum Gasteiger partial charge on any atom is 0.260 e. The van der Waals surface area contributed by atoms with Gasteiger partial charge in [0, 0.05) is 43.9 Å². The first kappa shape index (κ1) is 22.6. The van der Waals surface area contributed by atoms with Gasteiger partial charge in [0.15, 0.2) is 6.61 Å². The summed E-state index contributed by atoms with van der Waals surface area (Å²) in [6, 6.07) is 11.2. The van der Waals surface area contributed by atoms with Crippen LogP contribution in [-0.2, 0) is 4.79 Å². The van der Waals surface area contributed by atoms with Gasteiger partial charge in [-0.25, -0.2) is 4.98 Å². The summed E-state index contributed by atoms with van der Waals surface area (Å²) in [7, 11) is 0. The highest BCUT2D eigenvalue weighted by Gasteiger charge is 2.22. The second-order valence-corrected chi connectivity index (χ2v) is 8.08. The van der Waals surface area contributed by atoms with Crippen molar-refractivity contribution >= 4 is 11.7 Å². The standard InChI is InChI=1S/C24H29N5O4/c1-4-31-19-6-8-20(9-7-19)32-16-22(30)29-13-11-28(12-14-29)21-10-5-18(15-25-21)23-26-24(17(2)3)33-27-23/h5-10,15,17H,4,11-14,16H2,1-3H3. The molecule has 0 atom stereocenters. The maximum atomic E-state index is 12.6. The van der Waals surface area contributed by atoms with Gasteiger partial charge in [-0.2, -0.15) is 4.98 Å². The molecule has 0 N–H and O–H groups in total. The molecule has 1 aliphatic heterocycles. The van der Waals surface area contributed by atoms with Crippen molar-refractivity contribution in [1.82, 2.24) is 20.0 Å². The van der Waals surface area contributed by atoms with Crippen LogP contribution in [0.25, 0.3) is 11.4 Å². The van der Waals surface area contributed by atoms with Crippen molar-refractivity contribution in [1.29, 1.82) is 0 Å². The minimum Gasteiger partial charge on any atom is -0.494 e. The monoisotopic (exact) mass is 451 g/mol. The number of carbonyl (C=O) groups excluding carboxylic acids is 1. The van der Waals surface area contributed by atoms with Crippen molar-refractivity contribution in [2.24, 2.45) is 0 Å². The number of amides is 1. The minimum absolute atomic E-state index is 0.0179. The van der Waals surface area contributed by atoms with Crippen molar-refractivity contribution in [3.63, 3.8) is 0 Å². The summed E-state index contributed by atoms with van der Waals surface area (Å²) < 4.78 is 16.3. The number of hydrogen-bond acceptors (Lipinski definition) is 8. The van der Waals surface area contributed by atoms with Gasteiger partial charge in [0.2, 0.25) is 11.7 Å². The fourth-order valence-electron chi connectivity index (χ4n) is 3.51. The Bertz CT molecular complexity index is 1040. The van der Waals surface area contributed by atoms with Crippen LogP contribution in [0.1, 0.15) is 32.6 Å². The lowest BCUT2D eigenvalue weighted by Crippen LogP contribution is -2.50. The third kappa shape index (κ3) is 5.60. The molecule has 1 saturated heterocycles. The second-order valence-electron chi connectivity index (χ2n) is 8.08.